The highest BCUT2D eigenvalue weighted by Crippen LogP contribution is 2.31. The summed E-state index contributed by atoms with van der Waals surface area (Å²) < 4.78 is 86.3. The number of benzene rings is 2. The first-order valence-electron chi connectivity index (χ1n) is 18.6. The number of halogens is 7. The first-order valence-corrected chi connectivity index (χ1v) is 19.0. The molecule has 0 spiro atoms. The van der Waals surface area contributed by atoms with E-state index in [1.807, 2.05) is 44.2 Å². The second-order valence-electron chi connectivity index (χ2n) is 12.9. The molecule has 6 aromatic rings. The molecular formula is C43H39ClF6N6O6. The molecule has 6 rings (SSSR count). The van der Waals surface area contributed by atoms with E-state index in [0.29, 0.717) is 16.5 Å². The van der Waals surface area contributed by atoms with Gasteiger partial charge in [0.25, 0.3) is 0 Å². The molecular weight excluding hydrogens is 846 g/mol. The summed E-state index contributed by atoms with van der Waals surface area (Å²) in [5.41, 5.74) is 4.34. The Morgan fingerprint density at radius 1 is 0.581 bits per heavy atom. The molecule has 0 aliphatic carbocycles. The Labute approximate surface area is 357 Å². The molecule has 0 amide bonds. The molecule has 0 atom stereocenters. The highest BCUT2D eigenvalue weighted by molar-refractivity contribution is 6.31. The van der Waals surface area contributed by atoms with Crippen LogP contribution in [0.3, 0.4) is 0 Å². The number of rotatable bonds is 13. The minimum atomic E-state index is -4.42. The van der Waals surface area contributed by atoms with Crippen LogP contribution in [0.5, 0.6) is 23.3 Å². The Morgan fingerprint density at radius 3 is 1.47 bits per heavy atom. The maximum atomic E-state index is 12.6. The molecule has 2 N–H and O–H groups in total. The normalized spacial score (nSPS) is 10.8. The average Bonchev–Trinajstić information content (AvgIpc) is 3.25. The molecule has 0 aliphatic heterocycles. The van der Waals surface area contributed by atoms with Gasteiger partial charge in [0, 0.05) is 35.9 Å². The van der Waals surface area contributed by atoms with Gasteiger partial charge in [0.1, 0.15) is 24.2 Å². The lowest BCUT2D eigenvalue weighted by molar-refractivity contribution is -0.188. The van der Waals surface area contributed by atoms with Gasteiger partial charge >= 0.3 is 12.4 Å². The molecule has 12 nitrogen and oxygen atoms in total. The zero-order valence-corrected chi connectivity index (χ0v) is 33.9. The number of aromatic nitrogens is 6. The van der Waals surface area contributed by atoms with Crippen molar-refractivity contribution < 1.29 is 56.1 Å². The van der Waals surface area contributed by atoms with Gasteiger partial charge in [-0.3, -0.25) is 9.78 Å². The SMILES string of the molecule is CCc1ncnc(CCCc2ccc(Oc3ccc(C(F)(F)F)cn3)cc2)c1Cl.Cc1cc(CCCc2ccc(Oc3ccc(C(F)(F)F)cn3)cc2)ncn1.OOC#COO. The van der Waals surface area contributed by atoms with Crippen LogP contribution < -0.4 is 9.47 Å². The number of aryl methyl sites for hydroxylation is 6. The van der Waals surface area contributed by atoms with Crippen LogP contribution >= 0.6 is 11.6 Å². The Morgan fingerprint density at radius 2 is 1.05 bits per heavy atom. The predicted molar refractivity (Wildman–Crippen MR) is 214 cm³/mol. The summed E-state index contributed by atoms with van der Waals surface area (Å²) >= 11 is 6.31. The number of pyridine rings is 2. The molecule has 4 heterocycles. The molecule has 62 heavy (non-hydrogen) atoms. The highest BCUT2D eigenvalue weighted by Gasteiger charge is 2.31. The molecule has 326 valence electrons. The van der Waals surface area contributed by atoms with Gasteiger partial charge in [0.05, 0.1) is 27.5 Å². The van der Waals surface area contributed by atoms with Crippen molar-refractivity contribution in [2.24, 2.45) is 0 Å². The van der Waals surface area contributed by atoms with E-state index in [4.69, 9.17) is 31.6 Å². The topological polar surface area (TPSA) is 155 Å². The molecule has 0 saturated carbocycles. The highest BCUT2D eigenvalue weighted by atomic mass is 35.5. The maximum Gasteiger partial charge on any atom is 0.417 e. The van der Waals surface area contributed by atoms with Crippen LogP contribution in [0.25, 0.3) is 0 Å². The minimum absolute atomic E-state index is 0.107. The molecule has 2 aromatic carbocycles. The van der Waals surface area contributed by atoms with Crippen LogP contribution in [-0.4, -0.2) is 40.4 Å². The lowest BCUT2D eigenvalue weighted by Gasteiger charge is -2.09. The molecule has 0 radical (unpaired) electrons. The van der Waals surface area contributed by atoms with Crippen LogP contribution in [0.2, 0.25) is 5.02 Å². The number of alkyl halides is 6. The summed E-state index contributed by atoms with van der Waals surface area (Å²) in [6.45, 7) is 3.94. The van der Waals surface area contributed by atoms with Crippen molar-refractivity contribution in [2.45, 2.75) is 71.1 Å². The second-order valence-corrected chi connectivity index (χ2v) is 13.3. The fourth-order valence-electron chi connectivity index (χ4n) is 5.39. The monoisotopic (exact) mass is 884 g/mol. The van der Waals surface area contributed by atoms with E-state index >= 15 is 0 Å². The maximum absolute atomic E-state index is 12.6. The van der Waals surface area contributed by atoms with Gasteiger partial charge in [-0.2, -0.15) is 36.9 Å². The summed E-state index contributed by atoms with van der Waals surface area (Å²) in [5, 5.41) is 15.3. The molecule has 0 bridgehead atoms. The third-order valence-corrected chi connectivity index (χ3v) is 8.89. The Kier molecular flexibility index (Phi) is 18.7. The first-order chi connectivity index (χ1) is 29.7. The Balaban J connectivity index is 0.000000241. The zero-order valence-electron chi connectivity index (χ0n) is 33.1. The van der Waals surface area contributed by atoms with Crippen molar-refractivity contribution in [3.63, 3.8) is 0 Å². The van der Waals surface area contributed by atoms with Gasteiger partial charge in [-0.25, -0.2) is 29.9 Å². The molecule has 0 aliphatic rings. The van der Waals surface area contributed by atoms with Gasteiger partial charge in [0.15, 0.2) is 0 Å². The number of nitrogens with zero attached hydrogens (tertiary/aromatic N) is 6. The standard InChI is InChI=1S/C21H19ClF3N3O.C20H18F3N3O.C2H2O4/c1-2-17-20(22)18(28-13-27-17)5-3-4-14-6-9-16(10-7-14)29-19-11-8-15(12-26-19)21(23,24)25;1-14-11-17(26-13-25-14)4-2-3-15-5-8-18(9-6-15)27-19-10-7-16(12-24-19)20(21,22)23;3-5-1-2-6-4/h6-13H,2-5H2,1H3;5-13H,2-4H2,1H3;3-4H. The molecule has 19 heteroatoms. The molecule has 0 unspecified atom stereocenters. The third kappa shape index (κ3) is 16.5. The van der Waals surface area contributed by atoms with E-state index in [1.165, 1.54) is 24.3 Å². The van der Waals surface area contributed by atoms with Gasteiger partial charge in [0.2, 0.25) is 24.0 Å². The zero-order chi connectivity index (χ0) is 45.0. The van der Waals surface area contributed by atoms with Gasteiger partial charge in [-0.1, -0.05) is 42.8 Å². The number of ether oxygens (including phenoxy) is 2. The van der Waals surface area contributed by atoms with E-state index in [0.717, 1.165) is 103 Å². The van der Waals surface area contributed by atoms with Crippen molar-refractivity contribution in [3.05, 3.63) is 154 Å². The van der Waals surface area contributed by atoms with E-state index in [1.54, 1.807) is 36.9 Å². The lowest BCUT2D eigenvalue weighted by Crippen LogP contribution is -2.05. The van der Waals surface area contributed by atoms with Crippen molar-refractivity contribution in [1.82, 2.24) is 29.9 Å². The quantitative estimate of drug-likeness (QED) is 0.0491. The summed E-state index contributed by atoms with van der Waals surface area (Å²) in [5.74, 6) is 1.26. The minimum Gasteiger partial charge on any atom is -0.439 e. The molecule has 4 aromatic heterocycles. The fourth-order valence-corrected chi connectivity index (χ4v) is 5.72. The van der Waals surface area contributed by atoms with Crippen molar-refractivity contribution in [2.75, 3.05) is 0 Å². The summed E-state index contributed by atoms with van der Waals surface area (Å²) in [6.07, 6.45) is 4.83. The molecule has 0 saturated heterocycles. The second kappa shape index (κ2) is 24.0. The smallest absolute Gasteiger partial charge is 0.417 e. The van der Waals surface area contributed by atoms with Crippen LogP contribution in [0.4, 0.5) is 26.3 Å². The summed E-state index contributed by atoms with van der Waals surface area (Å²) in [4.78, 5) is 30.4. The van der Waals surface area contributed by atoms with Crippen LogP contribution in [0.1, 0.15) is 64.8 Å². The number of hydrogen-bond acceptors (Lipinski definition) is 12. The van der Waals surface area contributed by atoms with Crippen LogP contribution in [-0.2, 0) is 54.2 Å². The summed E-state index contributed by atoms with van der Waals surface area (Å²) in [7, 11) is 0. The third-order valence-electron chi connectivity index (χ3n) is 8.46. The number of hydrogen-bond donors (Lipinski definition) is 2. The van der Waals surface area contributed by atoms with E-state index in [-0.39, 0.29) is 11.8 Å². The van der Waals surface area contributed by atoms with Crippen LogP contribution in [0, 0.1) is 19.1 Å². The van der Waals surface area contributed by atoms with Crippen molar-refractivity contribution in [1.29, 1.82) is 0 Å². The average molecular weight is 885 g/mol. The largest absolute Gasteiger partial charge is 0.439 e. The predicted octanol–water partition coefficient (Wildman–Crippen LogP) is 11.1. The fraction of sp³-hybridized carbons (Fsp3) is 0.256. The Bertz CT molecular complexity index is 2320. The van der Waals surface area contributed by atoms with E-state index < -0.39 is 23.5 Å². The van der Waals surface area contributed by atoms with Crippen LogP contribution in [0.15, 0.2) is 104 Å². The van der Waals surface area contributed by atoms with Gasteiger partial charge in [-0.05, 0) is 105 Å². The summed E-state index contributed by atoms with van der Waals surface area (Å²) in [6, 6.07) is 21.1. The van der Waals surface area contributed by atoms with Crippen molar-refractivity contribution >= 4 is 11.6 Å². The van der Waals surface area contributed by atoms with Gasteiger partial charge in [-0.15, -0.1) is 0 Å². The first kappa shape index (κ1) is 48.1. The Hall–Kier alpha value is -6.55. The van der Waals surface area contributed by atoms with E-state index in [9.17, 15) is 26.3 Å². The molecule has 0 fully saturated rings. The van der Waals surface area contributed by atoms with Crippen molar-refractivity contribution in [3.8, 4) is 35.5 Å². The van der Waals surface area contributed by atoms with E-state index in [2.05, 4.69) is 39.7 Å². The lowest BCUT2D eigenvalue weighted by atomic mass is 10.1. The van der Waals surface area contributed by atoms with Gasteiger partial charge < -0.3 is 9.47 Å².